The summed E-state index contributed by atoms with van der Waals surface area (Å²) in [5.74, 6) is -0.133. The number of amides is 1. The SMILES string of the molecule is CCS(=O)(=O)c1ccc(CNC(=O)c2nc3c(s2)CN(Cc2ccc4c(c2)OC(F)(F)O4)C3C(C)C)nc1. The van der Waals surface area contributed by atoms with Gasteiger partial charge in [-0.15, -0.1) is 20.1 Å². The van der Waals surface area contributed by atoms with Crippen LogP contribution in [0.5, 0.6) is 11.5 Å². The van der Waals surface area contributed by atoms with Crippen LogP contribution in [0.2, 0.25) is 0 Å². The lowest BCUT2D eigenvalue weighted by molar-refractivity contribution is -0.286. The van der Waals surface area contributed by atoms with Crippen LogP contribution >= 0.6 is 11.3 Å². The number of hydrogen-bond acceptors (Lipinski definition) is 9. The fraction of sp³-hybridized carbons (Fsp3) is 0.400. The summed E-state index contributed by atoms with van der Waals surface area (Å²) in [5, 5.41) is 3.14. The van der Waals surface area contributed by atoms with Gasteiger partial charge >= 0.3 is 6.29 Å². The molecular weight excluding hydrogens is 538 g/mol. The molecule has 2 aliphatic rings. The second-order valence-corrected chi connectivity index (χ2v) is 12.8. The zero-order valence-corrected chi connectivity index (χ0v) is 22.5. The van der Waals surface area contributed by atoms with Crippen molar-refractivity contribution in [3.8, 4) is 11.5 Å². The Morgan fingerprint density at radius 3 is 2.68 bits per heavy atom. The molecule has 0 aliphatic carbocycles. The molecule has 0 radical (unpaired) electrons. The molecule has 2 aromatic heterocycles. The molecule has 1 atom stereocenters. The number of carbonyl (C=O) groups excluding carboxylic acids is 1. The Bertz CT molecular complexity index is 1480. The lowest BCUT2D eigenvalue weighted by Crippen LogP contribution is -2.27. The Balaban J connectivity index is 1.25. The predicted octanol–water partition coefficient (Wildman–Crippen LogP) is 4.30. The van der Waals surface area contributed by atoms with Crippen molar-refractivity contribution in [1.82, 2.24) is 20.2 Å². The van der Waals surface area contributed by atoms with Gasteiger partial charge in [-0.25, -0.2) is 13.4 Å². The third kappa shape index (κ3) is 5.22. The Morgan fingerprint density at radius 1 is 1.24 bits per heavy atom. The van der Waals surface area contributed by atoms with Crippen molar-refractivity contribution in [3.05, 3.63) is 63.4 Å². The third-order valence-corrected chi connectivity index (χ3v) is 9.17. The first-order valence-electron chi connectivity index (χ1n) is 12.0. The third-order valence-electron chi connectivity index (χ3n) is 6.39. The van der Waals surface area contributed by atoms with Crippen LogP contribution in [0.1, 0.15) is 58.4 Å². The van der Waals surface area contributed by atoms with Gasteiger partial charge in [-0.3, -0.25) is 14.7 Å². The van der Waals surface area contributed by atoms with Gasteiger partial charge in [0.1, 0.15) is 0 Å². The number of rotatable bonds is 8. The van der Waals surface area contributed by atoms with Gasteiger partial charge in [-0.1, -0.05) is 26.8 Å². The maximum atomic E-state index is 13.4. The van der Waals surface area contributed by atoms with E-state index in [9.17, 15) is 22.0 Å². The van der Waals surface area contributed by atoms with Crippen molar-refractivity contribution in [3.63, 3.8) is 0 Å². The van der Waals surface area contributed by atoms with Crippen molar-refractivity contribution < 1.29 is 31.5 Å². The van der Waals surface area contributed by atoms with E-state index in [4.69, 9.17) is 0 Å². The minimum Gasteiger partial charge on any atom is -0.395 e. The molecule has 2 aliphatic heterocycles. The van der Waals surface area contributed by atoms with E-state index in [1.165, 1.54) is 29.7 Å². The van der Waals surface area contributed by atoms with E-state index in [1.54, 1.807) is 25.1 Å². The number of hydrogen-bond donors (Lipinski definition) is 1. The molecule has 1 unspecified atom stereocenters. The van der Waals surface area contributed by atoms with Crippen molar-refractivity contribution in [2.24, 2.45) is 5.92 Å². The van der Waals surface area contributed by atoms with Crippen LogP contribution in [0.3, 0.4) is 0 Å². The summed E-state index contributed by atoms with van der Waals surface area (Å²) in [4.78, 5) is 24.9. The highest BCUT2D eigenvalue weighted by Crippen LogP contribution is 2.44. The molecule has 1 N–H and O–H groups in total. The van der Waals surface area contributed by atoms with E-state index in [-0.39, 0.29) is 46.6 Å². The number of ether oxygens (including phenoxy) is 2. The van der Waals surface area contributed by atoms with Crippen LogP contribution in [-0.2, 0) is 29.5 Å². The number of nitrogens with one attached hydrogen (secondary N) is 1. The molecule has 5 rings (SSSR count). The highest BCUT2D eigenvalue weighted by Gasteiger charge is 2.43. The number of pyridine rings is 1. The minimum atomic E-state index is -3.66. The maximum Gasteiger partial charge on any atom is 0.586 e. The van der Waals surface area contributed by atoms with Gasteiger partial charge in [0.25, 0.3) is 5.91 Å². The number of halogens is 2. The minimum absolute atomic E-state index is 0.00847. The number of benzene rings is 1. The lowest BCUT2D eigenvalue weighted by atomic mass is 10.0. The second-order valence-electron chi connectivity index (χ2n) is 9.44. The number of thiazole rings is 1. The van der Waals surface area contributed by atoms with Crippen molar-refractivity contribution in [2.45, 2.75) is 57.6 Å². The van der Waals surface area contributed by atoms with Gasteiger partial charge in [-0.05, 0) is 35.7 Å². The lowest BCUT2D eigenvalue weighted by Gasteiger charge is -2.27. The van der Waals surface area contributed by atoms with E-state index >= 15 is 0 Å². The largest absolute Gasteiger partial charge is 0.586 e. The van der Waals surface area contributed by atoms with Gasteiger partial charge in [0.05, 0.1) is 34.6 Å². The molecule has 9 nitrogen and oxygen atoms in total. The number of nitrogens with zero attached hydrogens (tertiary/aromatic N) is 3. The Morgan fingerprint density at radius 2 is 2.00 bits per heavy atom. The number of alkyl halides is 2. The summed E-state index contributed by atoms with van der Waals surface area (Å²) in [5.41, 5.74) is 2.17. The Kier molecular flexibility index (Phi) is 6.86. The fourth-order valence-electron chi connectivity index (χ4n) is 4.59. The molecule has 0 bridgehead atoms. The van der Waals surface area contributed by atoms with Crippen LogP contribution in [0, 0.1) is 5.92 Å². The quantitative estimate of drug-likeness (QED) is 0.431. The smallest absolute Gasteiger partial charge is 0.395 e. The summed E-state index contributed by atoms with van der Waals surface area (Å²) in [6, 6.07) is 7.79. The van der Waals surface area contributed by atoms with Crippen molar-refractivity contribution in [1.29, 1.82) is 0 Å². The van der Waals surface area contributed by atoms with Gasteiger partial charge < -0.3 is 14.8 Å². The molecule has 1 aromatic carbocycles. The van der Waals surface area contributed by atoms with E-state index in [2.05, 4.69) is 43.5 Å². The second kappa shape index (κ2) is 9.86. The maximum absolute atomic E-state index is 13.4. The summed E-state index contributed by atoms with van der Waals surface area (Å²) < 4.78 is 59.7. The van der Waals surface area contributed by atoms with Crippen LogP contribution in [0.15, 0.2) is 41.4 Å². The van der Waals surface area contributed by atoms with Crippen LogP contribution in [0.4, 0.5) is 8.78 Å². The van der Waals surface area contributed by atoms with Gasteiger partial charge in [0, 0.05) is 24.2 Å². The molecule has 3 aromatic rings. The molecule has 13 heteroatoms. The first-order chi connectivity index (χ1) is 18.0. The number of sulfone groups is 1. The van der Waals surface area contributed by atoms with E-state index in [0.717, 1.165) is 16.1 Å². The molecular formula is C25H26F2N4O5S2. The number of aromatic nitrogens is 2. The Hall–Kier alpha value is -3.16. The molecule has 38 heavy (non-hydrogen) atoms. The summed E-state index contributed by atoms with van der Waals surface area (Å²) in [6.07, 6.45) is -2.36. The van der Waals surface area contributed by atoms with Crippen LogP contribution in [0.25, 0.3) is 0 Å². The molecule has 0 saturated heterocycles. The molecule has 202 valence electrons. The van der Waals surface area contributed by atoms with Gasteiger partial charge in [0.2, 0.25) is 0 Å². The first-order valence-corrected chi connectivity index (χ1v) is 14.5. The van der Waals surface area contributed by atoms with Crippen molar-refractivity contribution in [2.75, 3.05) is 5.75 Å². The zero-order chi connectivity index (χ0) is 27.2. The van der Waals surface area contributed by atoms with E-state index < -0.39 is 16.1 Å². The molecule has 4 heterocycles. The summed E-state index contributed by atoms with van der Waals surface area (Å²) in [6.45, 7) is 6.91. The molecule has 1 amide bonds. The topological polar surface area (TPSA) is 111 Å². The fourth-order valence-corrected chi connectivity index (χ4v) is 6.46. The van der Waals surface area contributed by atoms with Crippen LogP contribution in [-0.4, -0.2) is 41.2 Å². The average molecular weight is 565 g/mol. The Labute approximate surface area is 222 Å². The normalized spacial score (nSPS) is 18.1. The number of fused-ring (bicyclic) bond motifs is 2. The number of carbonyl (C=O) groups is 1. The average Bonchev–Trinajstić information content (AvgIpc) is 3.51. The van der Waals surface area contributed by atoms with Gasteiger partial charge in [0.15, 0.2) is 26.3 Å². The highest BCUT2D eigenvalue weighted by atomic mass is 32.2. The van der Waals surface area contributed by atoms with E-state index in [0.29, 0.717) is 23.8 Å². The van der Waals surface area contributed by atoms with Gasteiger partial charge in [-0.2, -0.15) is 0 Å². The predicted molar refractivity (Wildman–Crippen MR) is 135 cm³/mol. The summed E-state index contributed by atoms with van der Waals surface area (Å²) >= 11 is 1.32. The standard InChI is InChI=1S/C25H26F2N4O5S2/c1-4-38(33,34)17-7-6-16(28-11-17)10-29-23(32)24-30-21-20(37-24)13-31(22(21)14(2)3)12-15-5-8-18-19(9-15)36-25(26,27)35-18/h5-9,11,14,22H,4,10,12-13H2,1-3H3,(H,29,32). The van der Waals surface area contributed by atoms with Crippen LogP contribution < -0.4 is 14.8 Å². The van der Waals surface area contributed by atoms with Crippen molar-refractivity contribution >= 4 is 27.1 Å². The van der Waals surface area contributed by atoms with E-state index in [1.807, 2.05) is 0 Å². The monoisotopic (exact) mass is 564 g/mol. The highest BCUT2D eigenvalue weighted by molar-refractivity contribution is 7.91. The zero-order valence-electron chi connectivity index (χ0n) is 20.9. The summed E-state index contributed by atoms with van der Waals surface area (Å²) in [7, 11) is -3.34. The molecule has 0 saturated carbocycles. The molecule has 0 spiro atoms. The molecule has 0 fully saturated rings. The first kappa shape index (κ1) is 26.4.